The molecule has 1 N–H and O–H groups in total. The summed E-state index contributed by atoms with van der Waals surface area (Å²) in [6.45, 7) is 0.102. The molecule has 9 heteroatoms. The molecule has 1 heterocycles. The summed E-state index contributed by atoms with van der Waals surface area (Å²) in [5, 5.41) is 12.7. The van der Waals surface area contributed by atoms with Gasteiger partial charge in [-0.1, -0.05) is 24.3 Å². The average Bonchev–Trinajstić information content (AvgIpc) is 3.09. The number of nitrogens with zero attached hydrogens (tertiary/aromatic N) is 1. The maximum atomic E-state index is 12.3. The van der Waals surface area contributed by atoms with Gasteiger partial charge in [0.1, 0.15) is 23.5 Å². The van der Waals surface area contributed by atoms with E-state index in [9.17, 15) is 18.5 Å². The number of nitrogens with one attached hydrogen (secondary N) is 1. The van der Waals surface area contributed by atoms with Crippen LogP contribution in [0.4, 0.5) is 5.69 Å². The number of non-ortho nitro benzene ring substituents is 1. The Morgan fingerprint density at radius 1 is 0.966 bits per heavy atom. The third-order valence-electron chi connectivity index (χ3n) is 4.35. The molecule has 0 aliphatic carbocycles. The number of fused-ring (bicyclic) bond motifs is 3. The van der Waals surface area contributed by atoms with Crippen molar-refractivity contribution in [2.75, 3.05) is 13.2 Å². The molecule has 0 bridgehead atoms. The maximum absolute atomic E-state index is 12.3. The molecule has 148 valence electrons. The Balaban J connectivity index is 1.42. The first-order chi connectivity index (χ1) is 13.9. The summed E-state index contributed by atoms with van der Waals surface area (Å²) in [5.41, 5.74) is 1.24. The predicted molar refractivity (Wildman–Crippen MR) is 107 cm³/mol. The molecule has 1 aromatic heterocycles. The number of ether oxygens (including phenoxy) is 1. The lowest BCUT2D eigenvalue weighted by molar-refractivity contribution is -0.385. The van der Waals surface area contributed by atoms with Crippen molar-refractivity contribution in [3.05, 3.63) is 76.8 Å². The van der Waals surface area contributed by atoms with E-state index in [1.807, 2.05) is 30.3 Å². The molecule has 4 rings (SSSR count). The van der Waals surface area contributed by atoms with Crippen molar-refractivity contribution in [1.29, 1.82) is 0 Å². The van der Waals surface area contributed by atoms with E-state index in [1.54, 1.807) is 12.1 Å². The molecule has 0 saturated heterocycles. The number of hydrogen-bond acceptors (Lipinski definition) is 6. The van der Waals surface area contributed by atoms with Crippen LogP contribution in [0.3, 0.4) is 0 Å². The van der Waals surface area contributed by atoms with Crippen LogP contribution in [-0.4, -0.2) is 26.5 Å². The van der Waals surface area contributed by atoms with E-state index in [2.05, 4.69) is 4.72 Å². The SMILES string of the molecule is O=[N+]([O-])c1cccc(S(=O)(=O)NCCOc2ccc3oc4ccccc4c3c2)c1. The summed E-state index contributed by atoms with van der Waals surface area (Å²) in [7, 11) is -3.87. The smallest absolute Gasteiger partial charge is 0.270 e. The monoisotopic (exact) mass is 412 g/mol. The maximum Gasteiger partial charge on any atom is 0.270 e. The third kappa shape index (κ3) is 3.91. The van der Waals surface area contributed by atoms with Gasteiger partial charge in [0.25, 0.3) is 5.69 Å². The summed E-state index contributed by atoms with van der Waals surface area (Å²) in [5.74, 6) is 0.582. The molecule has 0 aliphatic rings. The van der Waals surface area contributed by atoms with Gasteiger partial charge in [-0.2, -0.15) is 0 Å². The van der Waals surface area contributed by atoms with E-state index in [0.29, 0.717) is 5.75 Å². The molecule has 0 saturated carbocycles. The summed E-state index contributed by atoms with van der Waals surface area (Å²) in [6.07, 6.45) is 0. The van der Waals surface area contributed by atoms with Crippen molar-refractivity contribution >= 4 is 37.6 Å². The molecule has 0 radical (unpaired) electrons. The van der Waals surface area contributed by atoms with Gasteiger partial charge in [-0.3, -0.25) is 10.1 Å². The first-order valence-electron chi connectivity index (χ1n) is 8.72. The topological polar surface area (TPSA) is 112 Å². The first-order valence-corrected chi connectivity index (χ1v) is 10.2. The molecular weight excluding hydrogens is 396 g/mol. The zero-order chi connectivity index (χ0) is 20.4. The average molecular weight is 412 g/mol. The number of nitro benzene ring substituents is 1. The Labute approximate surface area is 165 Å². The summed E-state index contributed by atoms with van der Waals surface area (Å²) in [6, 6.07) is 17.9. The van der Waals surface area contributed by atoms with Gasteiger partial charge in [-0.25, -0.2) is 13.1 Å². The Kier molecular flexibility index (Phi) is 4.91. The lowest BCUT2D eigenvalue weighted by Gasteiger charge is -2.08. The van der Waals surface area contributed by atoms with Crippen LogP contribution < -0.4 is 9.46 Å². The highest BCUT2D eigenvalue weighted by atomic mass is 32.2. The van der Waals surface area contributed by atoms with Gasteiger partial charge in [0.05, 0.1) is 9.82 Å². The lowest BCUT2D eigenvalue weighted by atomic mass is 10.1. The van der Waals surface area contributed by atoms with Crippen LogP contribution in [0.2, 0.25) is 0 Å². The lowest BCUT2D eigenvalue weighted by Crippen LogP contribution is -2.28. The van der Waals surface area contributed by atoms with Gasteiger partial charge < -0.3 is 9.15 Å². The molecule has 0 unspecified atom stereocenters. The van der Waals surface area contributed by atoms with Gasteiger partial charge in [0.15, 0.2) is 0 Å². The van der Waals surface area contributed by atoms with Crippen LogP contribution in [0.15, 0.2) is 76.0 Å². The van der Waals surface area contributed by atoms with E-state index in [0.717, 1.165) is 28.0 Å². The Morgan fingerprint density at radius 2 is 1.76 bits per heavy atom. The number of hydrogen-bond donors (Lipinski definition) is 1. The van der Waals surface area contributed by atoms with Crippen molar-refractivity contribution in [3.63, 3.8) is 0 Å². The molecule has 0 fully saturated rings. The van der Waals surface area contributed by atoms with E-state index >= 15 is 0 Å². The second-order valence-corrected chi connectivity index (χ2v) is 8.02. The fourth-order valence-corrected chi connectivity index (χ4v) is 4.04. The van der Waals surface area contributed by atoms with E-state index in [1.165, 1.54) is 18.2 Å². The van der Waals surface area contributed by atoms with Crippen LogP contribution in [0.25, 0.3) is 21.9 Å². The van der Waals surface area contributed by atoms with Crippen molar-refractivity contribution in [2.45, 2.75) is 4.90 Å². The highest BCUT2D eigenvalue weighted by Gasteiger charge is 2.17. The molecule has 0 atom stereocenters. The number of nitro groups is 1. The number of para-hydroxylation sites is 1. The van der Waals surface area contributed by atoms with Crippen molar-refractivity contribution < 1.29 is 22.5 Å². The molecule has 3 aromatic carbocycles. The van der Waals surface area contributed by atoms with Gasteiger partial charge in [0.2, 0.25) is 10.0 Å². The second kappa shape index (κ2) is 7.53. The number of rotatable bonds is 7. The van der Waals surface area contributed by atoms with E-state index in [-0.39, 0.29) is 23.7 Å². The molecular formula is C20H16N2O6S. The molecule has 0 aliphatic heterocycles. The minimum atomic E-state index is -3.87. The zero-order valence-corrected chi connectivity index (χ0v) is 15.9. The van der Waals surface area contributed by atoms with Crippen molar-refractivity contribution in [3.8, 4) is 5.75 Å². The Hall–Kier alpha value is -3.43. The van der Waals surface area contributed by atoms with Gasteiger partial charge in [-0.05, 0) is 30.3 Å². The van der Waals surface area contributed by atoms with Gasteiger partial charge in [0, 0.05) is 29.4 Å². The fourth-order valence-electron chi connectivity index (χ4n) is 2.99. The van der Waals surface area contributed by atoms with E-state index < -0.39 is 14.9 Å². The standard InChI is InChI=1S/C20H16N2O6S/c23-22(24)14-4-3-5-16(12-14)29(25,26)21-10-11-27-15-8-9-20-18(13-15)17-6-1-2-7-19(17)28-20/h1-9,12-13,21H,10-11H2. The number of furan rings is 1. The minimum Gasteiger partial charge on any atom is -0.492 e. The highest BCUT2D eigenvalue weighted by Crippen LogP contribution is 2.31. The van der Waals surface area contributed by atoms with Crippen LogP contribution in [0.5, 0.6) is 5.75 Å². The summed E-state index contributed by atoms with van der Waals surface area (Å²) in [4.78, 5) is 10.0. The fraction of sp³-hybridized carbons (Fsp3) is 0.100. The molecule has 4 aromatic rings. The molecule has 0 amide bonds. The summed E-state index contributed by atoms with van der Waals surface area (Å²) < 4.78 is 38.4. The van der Waals surface area contributed by atoms with Gasteiger partial charge in [-0.15, -0.1) is 0 Å². The largest absolute Gasteiger partial charge is 0.492 e. The van der Waals surface area contributed by atoms with E-state index in [4.69, 9.17) is 9.15 Å². The normalized spacial score (nSPS) is 11.7. The Bertz CT molecular complexity index is 1310. The van der Waals surface area contributed by atoms with Crippen molar-refractivity contribution in [1.82, 2.24) is 4.72 Å². The number of benzene rings is 3. The zero-order valence-electron chi connectivity index (χ0n) is 15.1. The van der Waals surface area contributed by atoms with Crippen LogP contribution in [-0.2, 0) is 10.0 Å². The molecule has 29 heavy (non-hydrogen) atoms. The first kappa shape index (κ1) is 18.9. The highest BCUT2D eigenvalue weighted by molar-refractivity contribution is 7.89. The van der Waals surface area contributed by atoms with Crippen LogP contribution in [0, 0.1) is 10.1 Å². The molecule has 0 spiro atoms. The Morgan fingerprint density at radius 3 is 2.59 bits per heavy atom. The summed E-state index contributed by atoms with van der Waals surface area (Å²) >= 11 is 0. The van der Waals surface area contributed by atoms with Crippen LogP contribution in [0.1, 0.15) is 0 Å². The molecule has 8 nitrogen and oxygen atoms in total. The van der Waals surface area contributed by atoms with Crippen LogP contribution >= 0.6 is 0 Å². The second-order valence-electron chi connectivity index (χ2n) is 6.26. The third-order valence-corrected chi connectivity index (χ3v) is 5.81. The van der Waals surface area contributed by atoms with Crippen molar-refractivity contribution in [2.24, 2.45) is 0 Å². The minimum absolute atomic E-state index is 0.00912. The predicted octanol–water partition coefficient (Wildman–Crippen LogP) is 3.85. The number of sulfonamides is 1. The van der Waals surface area contributed by atoms with Gasteiger partial charge >= 0.3 is 0 Å². The quantitative estimate of drug-likeness (QED) is 0.280.